The van der Waals surface area contributed by atoms with Crippen LogP contribution < -0.4 is 5.32 Å². The number of halogens is 1. The fourth-order valence-electron chi connectivity index (χ4n) is 3.47. The molecule has 1 fully saturated rings. The van der Waals surface area contributed by atoms with Crippen molar-refractivity contribution in [3.63, 3.8) is 0 Å². The molecule has 0 bridgehead atoms. The third-order valence-corrected chi connectivity index (χ3v) is 9.13. The van der Waals surface area contributed by atoms with Gasteiger partial charge in [0.25, 0.3) is 10.0 Å². The zero-order valence-corrected chi connectivity index (χ0v) is 18.6. The molecule has 1 aliphatic heterocycles. The minimum atomic E-state index is -3.50. The van der Waals surface area contributed by atoms with Crippen LogP contribution in [0.1, 0.15) is 30.9 Å². The first-order valence-electron chi connectivity index (χ1n) is 9.32. The number of nitrogens with zero attached hydrogens (tertiary/aromatic N) is 1. The molecule has 3 rings (SSSR count). The molecule has 5 nitrogen and oxygen atoms in total. The monoisotopic (exact) mass is 440 g/mol. The van der Waals surface area contributed by atoms with Gasteiger partial charge in [-0.3, -0.25) is 4.79 Å². The first-order valence-corrected chi connectivity index (χ1v) is 12.0. The quantitative estimate of drug-likeness (QED) is 0.733. The van der Waals surface area contributed by atoms with E-state index in [9.17, 15) is 13.2 Å². The predicted octanol–water partition coefficient (Wildman–Crippen LogP) is 4.69. The molecule has 2 heterocycles. The van der Waals surface area contributed by atoms with E-state index in [2.05, 4.69) is 5.32 Å². The standard InChI is InChI=1S/C20H25ClN2O3S2/c1-13-4-5-17(12-14(13)2)22-20(24)15(3)16-8-10-23(11-9-16)28(25,26)19-7-6-18(21)27-19/h4-7,12,15-16H,8-11H2,1-3H3,(H,22,24)/t15-/m1/s1. The van der Waals surface area contributed by atoms with Gasteiger partial charge < -0.3 is 5.32 Å². The fourth-order valence-corrected chi connectivity index (χ4v) is 6.58. The van der Waals surface area contributed by atoms with Gasteiger partial charge in [0.1, 0.15) is 4.21 Å². The molecule has 0 aliphatic carbocycles. The summed E-state index contributed by atoms with van der Waals surface area (Å²) in [6, 6.07) is 9.03. The molecule has 1 amide bonds. The van der Waals surface area contributed by atoms with Crippen LogP contribution in [-0.2, 0) is 14.8 Å². The summed E-state index contributed by atoms with van der Waals surface area (Å²) >= 11 is 6.96. The third-order valence-electron chi connectivity index (χ3n) is 5.54. The summed E-state index contributed by atoms with van der Waals surface area (Å²) in [6.45, 7) is 6.82. The number of carbonyl (C=O) groups excluding carboxylic acids is 1. The number of anilines is 1. The summed E-state index contributed by atoms with van der Waals surface area (Å²) in [6.07, 6.45) is 1.33. The van der Waals surface area contributed by atoms with E-state index in [4.69, 9.17) is 11.6 Å². The van der Waals surface area contributed by atoms with Crippen LogP contribution >= 0.6 is 22.9 Å². The fraction of sp³-hybridized carbons (Fsp3) is 0.450. The normalized spacial score (nSPS) is 17.4. The molecule has 1 aromatic heterocycles. The molecular weight excluding hydrogens is 416 g/mol. The van der Waals surface area contributed by atoms with Crippen LogP contribution in [0.25, 0.3) is 0 Å². The Morgan fingerprint density at radius 3 is 2.43 bits per heavy atom. The van der Waals surface area contributed by atoms with Gasteiger partial charge in [-0.2, -0.15) is 4.31 Å². The topological polar surface area (TPSA) is 66.5 Å². The van der Waals surface area contributed by atoms with E-state index in [1.54, 1.807) is 12.1 Å². The van der Waals surface area contributed by atoms with E-state index in [1.165, 1.54) is 9.87 Å². The molecule has 1 aliphatic rings. The van der Waals surface area contributed by atoms with Gasteiger partial charge in [-0.05, 0) is 68.0 Å². The Labute approximate surface area is 175 Å². The zero-order valence-electron chi connectivity index (χ0n) is 16.2. The van der Waals surface area contributed by atoms with Gasteiger partial charge in [0, 0.05) is 24.7 Å². The van der Waals surface area contributed by atoms with Crippen LogP contribution in [0.4, 0.5) is 5.69 Å². The highest BCUT2D eigenvalue weighted by molar-refractivity contribution is 7.91. The number of hydrogen-bond acceptors (Lipinski definition) is 4. The van der Waals surface area contributed by atoms with E-state index in [0.717, 1.165) is 22.6 Å². The Morgan fingerprint density at radius 2 is 1.86 bits per heavy atom. The number of nitrogens with one attached hydrogen (secondary N) is 1. The van der Waals surface area contributed by atoms with Gasteiger partial charge in [0.05, 0.1) is 4.34 Å². The Kier molecular flexibility index (Phi) is 6.49. The summed E-state index contributed by atoms with van der Waals surface area (Å²) in [5.74, 6) is -0.0397. The minimum absolute atomic E-state index is 0.0189. The number of rotatable bonds is 5. The van der Waals surface area contributed by atoms with Crippen molar-refractivity contribution in [2.75, 3.05) is 18.4 Å². The molecule has 1 N–H and O–H groups in total. The van der Waals surface area contributed by atoms with Gasteiger partial charge in [-0.15, -0.1) is 11.3 Å². The van der Waals surface area contributed by atoms with Crippen molar-refractivity contribution in [2.24, 2.45) is 11.8 Å². The molecule has 0 spiro atoms. The van der Waals surface area contributed by atoms with Gasteiger partial charge in [0.2, 0.25) is 5.91 Å². The van der Waals surface area contributed by atoms with E-state index in [0.29, 0.717) is 30.3 Å². The molecule has 0 saturated carbocycles. The van der Waals surface area contributed by atoms with Crippen molar-refractivity contribution in [2.45, 2.75) is 37.8 Å². The first-order chi connectivity index (χ1) is 13.2. The predicted molar refractivity (Wildman–Crippen MR) is 115 cm³/mol. The molecule has 152 valence electrons. The number of thiophene rings is 1. The van der Waals surface area contributed by atoms with E-state index < -0.39 is 10.0 Å². The van der Waals surface area contributed by atoms with Crippen molar-refractivity contribution in [1.29, 1.82) is 0 Å². The maximum Gasteiger partial charge on any atom is 0.252 e. The van der Waals surface area contributed by atoms with Crippen LogP contribution in [0, 0.1) is 25.7 Å². The molecule has 8 heteroatoms. The summed E-state index contributed by atoms with van der Waals surface area (Å²) in [4.78, 5) is 12.7. The lowest BCUT2D eigenvalue weighted by Gasteiger charge is -2.33. The molecular formula is C20H25ClN2O3S2. The maximum atomic E-state index is 12.7. The molecule has 1 atom stereocenters. The molecule has 1 saturated heterocycles. The Hall–Kier alpha value is -1.41. The Balaban J connectivity index is 1.59. The van der Waals surface area contributed by atoms with E-state index >= 15 is 0 Å². The van der Waals surface area contributed by atoms with Crippen LogP contribution in [0.15, 0.2) is 34.5 Å². The SMILES string of the molecule is Cc1ccc(NC(=O)[C@H](C)C2CCN(S(=O)(=O)c3ccc(Cl)s3)CC2)cc1C. The van der Waals surface area contributed by atoms with Crippen molar-refractivity contribution >= 4 is 44.6 Å². The summed E-state index contributed by atoms with van der Waals surface area (Å²) in [5, 5.41) is 2.99. The van der Waals surface area contributed by atoms with Gasteiger partial charge in [-0.25, -0.2) is 8.42 Å². The second kappa shape index (κ2) is 8.53. The lowest BCUT2D eigenvalue weighted by atomic mass is 9.85. The van der Waals surface area contributed by atoms with Crippen LogP contribution in [0.2, 0.25) is 4.34 Å². The minimum Gasteiger partial charge on any atom is -0.326 e. The molecule has 2 aromatic rings. The van der Waals surface area contributed by atoms with Gasteiger partial charge >= 0.3 is 0 Å². The lowest BCUT2D eigenvalue weighted by Crippen LogP contribution is -2.41. The van der Waals surface area contributed by atoms with Crippen LogP contribution in [0.5, 0.6) is 0 Å². The van der Waals surface area contributed by atoms with Crippen molar-refractivity contribution in [1.82, 2.24) is 4.31 Å². The second-order valence-corrected chi connectivity index (χ2v) is 11.3. The number of piperidine rings is 1. The Morgan fingerprint density at radius 1 is 1.18 bits per heavy atom. The largest absolute Gasteiger partial charge is 0.326 e. The number of amides is 1. The van der Waals surface area contributed by atoms with Crippen LogP contribution in [0.3, 0.4) is 0 Å². The number of benzene rings is 1. The van der Waals surface area contributed by atoms with E-state index in [1.807, 2.05) is 39.0 Å². The number of sulfonamides is 1. The average molecular weight is 441 g/mol. The van der Waals surface area contributed by atoms with Crippen molar-refractivity contribution in [3.8, 4) is 0 Å². The smallest absolute Gasteiger partial charge is 0.252 e. The number of carbonyl (C=O) groups is 1. The lowest BCUT2D eigenvalue weighted by molar-refractivity contribution is -0.121. The molecule has 1 aromatic carbocycles. The zero-order chi connectivity index (χ0) is 20.5. The van der Waals surface area contributed by atoms with Gasteiger partial charge in [0.15, 0.2) is 0 Å². The van der Waals surface area contributed by atoms with Gasteiger partial charge in [-0.1, -0.05) is 24.6 Å². The van der Waals surface area contributed by atoms with Crippen molar-refractivity contribution < 1.29 is 13.2 Å². The highest BCUT2D eigenvalue weighted by Crippen LogP contribution is 2.32. The summed E-state index contributed by atoms with van der Waals surface area (Å²) in [7, 11) is -3.50. The number of aryl methyl sites for hydroxylation is 2. The second-order valence-electron chi connectivity index (χ2n) is 7.38. The highest BCUT2D eigenvalue weighted by Gasteiger charge is 2.34. The molecule has 28 heavy (non-hydrogen) atoms. The summed E-state index contributed by atoms with van der Waals surface area (Å²) < 4.78 is 27.7. The highest BCUT2D eigenvalue weighted by atomic mass is 35.5. The molecule has 0 unspecified atom stereocenters. The number of hydrogen-bond donors (Lipinski definition) is 1. The molecule has 0 radical (unpaired) electrons. The van der Waals surface area contributed by atoms with Crippen LogP contribution in [-0.4, -0.2) is 31.7 Å². The first kappa shape index (κ1) is 21.3. The van der Waals surface area contributed by atoms with E-state index in [-0.39, 0.29) is 22.0 Å². The average Bonchev–Trinajstić information content (AvgIpc) is 3.11. The third kappa shape index (κ3) is 4.59. The van der Waals surface area contributed by atoms with Crippen molar-refractivity contribution in [3.05, 3.63) is 45.8 Å². The Bertz CT molecular complexity index is 964. The maximum absolute atomic E-state index is 12.7. The summed E-state index contributed by atoms with van der Waals surface area (Å²) in [5.41, 5.74) is 3.12.